The Morgan fingerprint density at radius 1 is 1.29 bits per heavy atom. The van der Waals surface area contributed by atoms with Gasteiger partial charge in [0.2, 0.25) is 0 Å². The Morgan fingerprint density at radius 3 is 2.88 bits per heavy atom. The van der Waals surface area contributed by atoms with Gasteiger partial charge in [-0.2, -0.15) is 0 Å². The Bertz CT molecular complexity index is 380. The highest BCUT2D eigenvalue weighted by atomic mass is 79.9. The third-order valence-electron chi connectivity index (χ3n) is 3.49. The second kappa shape index (κ2) is 6.19. The molecule has 0 amide bonds. The highest BCUT2D eigenvalue weighted by molar-refractivity contribution is 9.09. The van der Waals surface area contributed by atoms with Gasteiger partial charge in [0.1, 0.15) is 5.82 Å². The van der Waals surface area contributed by atoms with E-state index in [1.54, 1.807) is 12.1 Å². The number of halogens is 3. The average molecular weight is 320 g/mol. The van der Waals surface area contributed by atoms with Crippen LogP contribution in [0.2, 0.25) is 5.02 Å². The maximum Gasteiger partial charge on any atom is 0.123 e. The second-order valence-corrected chi connectivity index (χ2v) is 6.63. The number of alkyl halides is 1. The summed E-state index contributed by atoms with van der Waals surface area (Å²) in [5, 5.41) is 0.696. The number of hydrogen-bond acceptors (Lipinski definition) is 0. The highest BCUT2D eigenvalue weighted by Crippen LogP contribution is 2.31. The van der Waals surface area contributed by atoms with Crippen LogP contribution in [-0.4, -0.2) is 4.83 Å². The molecular formula is C14H17BrClF. The van der Waals surface area contributed by atoms with Crippen molar-refractivity contribution < 1.29 is 4.39 Å². The van der Waals surface area contributed by atoms with Crippen molar-refractivity contribution in [2.75, 3.05) is 0 Å². The number of hydrogen-bond donors (Lipinski definition) is 0. The van der Waals surface area contributed by atoms with Crippen LogP contribution in [-0.2, 0) is 6.42 Å². The maximum absolute atomic E-state index is 13.2. The molecule has 1 fully saturated rings. The first kappa shape index (κ1) is 13.4. The van der Waals surface area contributed by atoms with Crippen molar-refractivity contribution in [3.8, 4) is 0 Å². The summed E-state index contributed by atoms with van der Waals surface area (Å²) in [6.45, 7) is 0. The van der Waals surface area contributed by atoms with Crippen LogP contribution < -0.4 is 0 Å². The standard InChI is InChI=1S/C14H17BrClF/c15-12-4-2-1-3-10(8-12)7-11-9-13(17)5-6-14(11)16/h5-6,9-10,12H,1-4,7-8H2. The number of benzene rings is 1. The molecule has 2 rings (SSSR count). The minimum atomic E-state index is -0.187. The van der Waals surface area contributed by atoms with Gasteiger partial charge in [0.15, 0.2) is 0 Å². The van der Waals surface area contributed by atoms with Crippen molar-refractivity contribution in [3.63, 3.8) is 0 Å². The molecule has 0 radical (unpaired) electrons. The van der Waals surface area contributed by atoms with E-state index in [4.69, 9.17) is 11.6 Å². The highest BCUT2D eigenvalue weighted by Gasteiger charge is 2.19. The smallest absolute Gasteiger partial charge is 0.123 e. The summed E-state index contributed by atoms with van der Waals surface area (Å²) in [6, 6.07) is 4.66. The molecule has 2 atom stereocenters. The van der Waals surface area contributed by atoms with Gasteiger partial charge in [0.05, 0.1) is 0 Å². The van der Waals surface area contributed by atoms with Crippen molar-refractivity contribution in [3.05, 3.63) is 34.6 Å². The monoisotopic (exact) mass is 318 g/mol. The normalized spacial score (nSPS) is 25.6. The summed E-state index contributed by atoms with van der Waals surface area (Å²) in [5.74, 6) is 0.439. The summed E-state index contributed by atoms with van der Waals surface area (Å²) in [5.41, 5.74) is 0.957. The molecule has 1 aromatic carbocycles. The molecule has 1 aliphatic rings. The largest absolute Gasteiger partial charge is 0.207 e. The fourth-order valence-electron chi connectivity index (χ4n) is 2.59. The Labute approximate surface area is 116 Å². The van der Waals surface area contributed by atoms with E-state index in [0.29, 0.717) is 15.8 Å². The maximum atomic E-state index is 13.2. The summed E-state index contributed by atoms with van der Waals surface area (Å²) in [4.78, 5) is 0.613. The topological polar surface area (TPSA) is 0 Å². The zero-order chi connectivity index (χ0) is 12.3. The third-order valence-corrected chi connectivity index (χ3v) is 4.69. The first-order valence-corrected chi connectivity index (χ1v) is 7.52. The lowest BCUT2D eigenvalue weighted by molar-refractivity contribution is 0.462. The van der Waals surface area contributed by atoms with Gasteiger partial charge in [-0.1, -0.05) is 46.8 Å². The van der Waals surface area contributed by atoms with Crippen molar-refractivity contribution in [2.24, 2.45) is 5.92 Å². The van der Waals surface area contributed by atoms with Crippen LogP contribution in [0.3, 0.4) is 0 Å². The van der Waals surface area contributed by atoms with Crippen LogP contribution in [0.4, 0.5) is 4.39 Å². The van der Waals surface area contributed by atoms with Gasteiger partial charge in [-0.15, -0.1) is 0 Å². The van der Waals surface area contributed by atoms with E-state index in [-0.39, 0.29) is 5.82 Å². The molecule has 1 aliphatic carbocycles. The van der Waals surface area contributed by atoms with E-state index >= 15 is 0 Å². The fraction of sp³-hybridized carbons (Fsp3) is 0.571. The molecular weight excluding hydrogens is 303 g/mol. The van der Waals surface area contributed by atoms with Crippen molar-refractivity contribution >= 4 is 27.5 Å². The van der Waals surface area contributed by atoms with Gasteiger partial charge >= 0.3 is 0 Å². The third kappa shape index (κ3) is 3.96. The minimum Gasteiger partial charge on any atom is -0.207 e. The molecule has 0 bridgehead atoms. The fourth-order valence-corrected chi connectivity index (χ4v) is 3.64. The Kier molecular flexibility index (Phi) is 4.87. The lowest BCUT2D eigenvalue weighted by Crippen LogP contribution is -2.08. The van der Waals surface area contributed by atoms with Gasteiger partial charge in [-0.3, -0.25) is 0 Å². The molecule has 94 valence electrons. The average Bonchev–Trinajstić information content (AvgIpc) is 2.48. The molecule has 1 aromatic rings. The van der Waals surface area contributed by atoms with Crippen LogP contribution in [0.1, 0.15) is 37.7 Å². The summed E-state index contributed by atoms with van der Waals surface area (Å²) in [7, 11) is 0. The van der Waals surface area contributed by atoms with Crippen molar-refractivity contribution in [1.82, 2.24) is 0 Å². The van der Waals surface area contributed by atoms with Gasteiger partial charge in [0, 0.05) is 9.85 Å². The Morgan fingerprint density at radius 2 is 2.06 bits per heavy atom. The van der Waals surface area contributed by atoms with Gasteiger partial charge in [0.25, 0.3) is 0 Å². The van der Waals surface area contributed by atoms with Crippen LogP contribution in [0, 0.1) is 11.7 Å². The van der Waals surface area contributed by atoms with E-state index in [1.165, 1.54) is 38.2 Å². The molecule has 0 saturated heterocycles. The van der Waals surface area contributed by atoms with E-state index in [9.17, 15) is 4.39 Å². The van der Waals surface area contributed by atoms with E-state index < -0.39 is 0 Å². The summed E-state index contributed by atoms with van der Waals surface area (Å²) in [6.07, 6.45) is 7.14. The van der Waals surface area contributed by atoms with E-state index in [1.807, 2.05) is 0 Å². The Balaban J connectivity index is 2.06. The zero-order valence-corrected chi connectivity index (χ0v) is 12.1. The second-order valence-electron chi connectivity index (χ2n) is 4.92. The molecule has 0 aromatic heterocycles. The van der Waals surface area contributed by atoms with E-state index in [0.717, 1.165) is 12.0 Å². The first-order valence-electron chi connectivity index (χ1n) is 6.23. The van der Waals surface area contributed by atoms with Crippen LogP contribution in [0.5, 0.6) is 0 Å². The SMILES string of the molecule is Fc1ccc(Cl)c(CC2CCCCC(Br)C2)c1. The lowest BCUT2D eigenvalue weighted by atomic mass is 9.92. The van der Waals surface area contributed by atoms with Crippen LogP contribution >= 0.6 is 27.5 Å². The molecule has 0 aliphatic heterocycles. The van der Waals surface area contributed by atoms with E-state index in [2.05, 4.69) is 15.9 Å². The molecule has 0 spiro atoms. The van der Waals surface area contributed by atoms with Crippen molar-refractivity contribution in [2.45, 2.75) is 43.4 Å². The predicted molar refractivity (Wildman–Crippen MR) is 74.4 cm³/mol. The van der Waals surface area contributed by atoms with Gasteiger partial charge in [-0.05, 0) is 48.9 Å². The zero-order valence-electron chi connectivity index (χ0n) is 9.76. The van der Waals surface area contributed by atoms with Gasteiger partial charge < -0.3 is 0 Å². The molecule has 1 saturated carbocycles. The molecule has 0 nitrogen and oxygen atoms in total. The van der Waals surface area contributed by atoms with Crippen molar-refractivity contribution in [1.29, 1.82) is 0 Å². The minimum absolute atomic E-state index is 0.187. The van der Waals surface area contributed by atoms with Crippen LogP contribution in [0.25, 0.3) is 0 Å². The first-order chi connectivity index (χ1) is 8.15. The molecule has 0 N–H and O–H groups in total. The number of rotatable bonds is 2. The molecule has 17 heavy (non-hydrogen) atoms. The summed E-state index contributed by atoms with van der Waals surface area (Å²) >= 11 is 9.83. The Hall–Kier alpha value is -0.0800. The predicted octanol–water partition coefficient (Wildman–Crippen LogP) is 5.37. The summed E-state index contributed by atoms with van der Waals surface area (Å²) < 4.78 is 13.2. The molecule has 3 heteroatoms. The van der Waals surface area contributed by atoms with Gasteiger partial charge in [-0.25, -0.2) is 4.39 Å². The van der Waals surface area contributed by atoms with Crippen LogP contribution in [0.15, 0.2) is 18.2 Å². The molecule has 0 heterocycles. The molecule has 2 unspecified atom stereocenters. The quantitative estimate of drug-likeness (QED) is 0.508. The lowest BCUT2D eigenvalue weighted by Gasteiger charge is -2.17.